The Bertz CT molecular complexity index is 549. The monoisotopic (exact) mass is 370 g/mol. The number of likely N-dealkylation sites (N-methyl/N-ethyl adjacent to an activating group) is 2. The van der Waals surface area contributed by atoms with Crippen LogP contribution in [0.3, 0.4) is 0 Å². The lowest BCUT2D eigenvalue weighted by molar-refractivity contribution is -0.131. The highest BCUT2D eigenvalue weighted by Crippen LogP contribution is 2.25. The number of rotatable bonds is 9. The fourth-order valence-corrected chi connectivity index (χ4v) is 2.57. The van der Waals surface area contributed by atoms with Crippen LogP contribution in [0.15, 0.2) is 0 Å². The molecule has 1 unspecified atom stereocenters. The fraction of sp³-hybridized carbons (Fsp3) is 0.765. The highest BCUT2D eigenvalue weighted by Gasteiger charge is 2.48. The van der Waals surface area contributed by atoms with Gasteiger partial charge in [-0.05, 0) is 33.1 Å². The van der Waals surface area contributed by atoms with Crippen LogP contribution in [0.1, 0.15) is 46.5 Å². The Labute approximate surface area is 154 Å². The van der Waals surface area contributed by atoms with Crippen LogP contribution >= 0.6 is 0 Å². The normalized spacial score (nSPS) is 17.3. The number of nitrogens with one attached hydrogen (secondary N) is 2. The molecule has 0 saturated carbocycles. The van der Waals surface area contributed by atoms with Crippen molar-refractivity contribution in [1.82, 2.24) is 20.4 Å². The summed E-state index contributed by atoms with van der Waals surface area (Å²) >= 11 is 0. The Morgan fingerprint density at radius 3 is 2.38 bits per heavy atom. The van der Waals surface area contributed by atoms with Gasteiger partial charge < -0.3 is 20.3 Å². The highest BCUT2D eigenvalue weighted by molar-refractivity contribution is 6.06. The van der Waals surface area contributed by atoms with Crippen LogP contribution in [-0.2, 0) is 14.3 Å². The molecular formula is C17H30N4O5. The van der Waals surface area contributed by atoms with Gasteiger partial charge in [0.25, 0.3) is 5.91 Å². The minimum Gasteiger partial charge on any atom is -0.450 e. The van der Waals surface area contributed by atoms with Gasteiger partial charge in [-0.25, -0.2) is 9.59 Å². The zero-order chi connectivity index (χ0) is 19.9. The molecule has 9 nitrogen and oxygen atoms in total. The maximum absolute atomic E-state index is 12.3. The first-order valence-corrected chi connectivity index (χ1v) is 8.91. The van der Waals surface area contributed by atoms with Crippen LogP contribution in [0.4, 0.5) is 9.59 Å². The molecule has 1 rings (SSSR count). The van der Waals surface area contributed by atoms with Gasteiger partial charge in [-0.15, -0.1) is 0 Å². The maximum Gasteiger partial charge on any atom is 0.407 e. The number of nitrogens with zero attached hydrogens (tertiary/aromatic N) is 2. The molecule has 26 heavy (non-hydrogen) atoms. The molecule has 0 radical (unpaired) electrons. The van der Waals surface area contributed by atoms with Gasteiger partial charge in [-0.1, -0.05) is 13.3 Å². The first-order chi connectivity index (χ1) is 12.2. The van der Waals surface area contributed by atoms with Gasteiger partial charge in [0.15, 0.2) is 0 Å². The SMILES string of the molecule is CCCCOC(=O)NC(CCCN1C(=O)N(C)C(C)(C)C1=O)C(=O)NC. The third-order valence-corrected chi connectivity index (χ3v) is 4.59. The number of amides is 5. The van der Waals surface area contributed by atoms with Crippen molar-refractivity contribution in [3.05, 3.63) is 0 Å². The van der Waals surface area contributed by atoms with Crippen LogP contribution in [0.2, 0.25) is 0 Å². The number of imide groups is 1. The number of ether oxygens (including phenoxy) is 1. The van der Waals surface area contributed by atoms with Crippen LogP contribution in [-0.4, -0.2) is 72.6 Å². The Balaban J connectivity index is 2.57. The van der Waals surface area contributed by atoms with E-state index in [4.69, 9.17) is 4.74 Å². The van der Waals surface area contributed by atoms with E-state index in [1.54, 1.807) is 20.9 Å². The van der Waals surface area contributed by atoms with Crippen LogP contribution < -0.4 is 10.6 Å². The lowest BCUT2D eigenvalue weighted by atomic mass is 10.0. The van der Waals surface area contributed by atoms with Gasteiger partial charge in [-0.3, -0.25) is 14.5 Å². The molecule has 1 fully saturated rings. The van der Waals surface area contributed by atoms with Crippen molar-refractivity contribution < 1.29 is 23.9 Å². The second-order valence-corrected chi connectivity index (χ2v) is 6.80. The Kier molecular flexibility index (Phi) is 7.85. The Morgan fingerprint density at radius 1 is 1.23 bits per heavy atom. The lowest BCUT2D eigenvalue weighted by Crippen LogP contribution is -2.46. The number of alkyl carbamates (subject to hydrolysis) is 1. The zero-order valence-corrected chi connectivity index (χ0v) is 16.3. The van der Waals surface area contributed by atoms with E-state index in [0.717, 1.165) is 12.8 Å². The maximum atomic E-state index is 12.3. The van der Waals surface area contributed by atoms with Crippen molar-refractivity contribution >= 4 is 23.9 Å². The Morgan fingerprint density at radius 2 is 1.88 bits per heavy atom. The van der Waals surface area contributed by atoms with Crippen molar-refractivity contribution in [2.75, 3.05) is 27.2 Å². The van der Waals surface area contributed by atoms with Gasteiger partial charge >= 0.3 is 12.1 Å². The largest absolute Gasteiger partial charge is 0.450 e. The number of carbonyl (C=O) groups excluding carboxylic acids is 4. The van der Waals surface area contributed by atoms with E-state index in [9.17, 15) is 19.2 Å². The average molecular weight is 370 g/mol. The van der Waals surface area contributed by atoms with Gasteiger partial charge in [0, 0.05) is 20.6 Å². The molecule has 9 heteroatoms. The molecule has 148 valence electrons. The van der Waals surface area contributed by atoms with Gasteiger partial charge in [-0.2, -0.15) is 0 Å². The summed E-state index contributed by atoms with van der Waals surface area (Å²) in [4.78, 5) is 50.8. The molecule has 0 aromatic rings. The molecule has 0 aromatic carbocycles. The van der Waals surface area contributed by atoms with E-state index < -0.39 is 17.7 Å². The molecule has 0 spiro atoms. The van der Waals surface area contributed by atoms with Gasteiger partial charge in [0.05, 0.1) is 6.61 Å². The number of carbonyl (C=O) groups is 4. The van der Waals surface area contributed by atoms with E-state index in [2.05, 4.69) is 10.6 Å². The standard InChI is InChI=1S/C17H30N4O5/c1-6-7-11-26-15(24)19-12(13(22)18-4)9-8-10-21-14(23)17(2,3)20(5)16(21)25/h12H,6-11H2,1-5H3,(H,18,22)(H,19,24). The lowest BCUT2D eigenvalue weighted by Gasteiger charge is -2.22. The summed E-state index contributed by atoms with van der Waals surface area (Å²) in [5.41, 5.74) is -0.876. The summed E-state index contributed by atoms with van der Waals surface area (Å²) in [6, 6.07) is -1.14. The molecule has 0 aromatic heterocycles. The van der Waals surface area contributed by atoms with Crippen molar-refractivity contribution in [3.63, 3.8) is 0 Å². The molecule has 1 aliphatic rings. The summed E-state index contributed by atoms with van der Waals surface area (Å²) in [6.45, 7) is 5.84. The first-order valence-electron chi connectivity index (χ1n) is 8.91. The van der Waals surface area contributed by atoms with E-state index in [1.807, 2.05) is 6.92 Å². The van der Waals surface area contributed by atoms with Crippen LogP contribution in [0.25, 0.3) is 0 Å². The fourth-order valence-electron chi connectivity index (χ4n) is 2.57. The molecule has 1 saturated heterocycles. The number of hydrogen-bond acceptors (Lipinski definition) is 5. The molecule has 0 aliphatic carbocycles. The van der Waals surface area contributed by atoms with E-state index in [-0.39, 0.29) is 30.8 Å². The van der Waals surface area contributed by atoms with Crippen molar-refractivity contribution in [2.24, 2.45) is 0 Å². The molecule has 0 bridgehead atoms. The number of urea groups is 1. The topological polar surface area (TPSA) is 108 Å². The van der Waals surface area contributed by atoms with Crippen LogP contribution in [0.5, 0.6) is 0 Å². The summed E-state index contributed by atoms with van der Waals surface area (Å²) in [5, 5.41) is 5.02. The molecule has 1 aliphatic heterocycles. The average Bonchev–Trinajstić information content (AvgIpc) is 2.74. The minimum atomic E-state index is -0.876. The van der Waals surface area contributed by atoms with Crippen molar-refractivity contribution in [3.8, 4) is 0 Å². The van der Waals surface area contributed by atoms with E-state index in [0.29, 0.717) is 13.0 Å². The van der Waals surface area contributed by atoms with Crippen molar-refractivity contribution in [2.45, 2.75) is 58.0 Å². The highest BCUT2D eigenvalue weighted by atomic mass is 16.5. The zero-order valence-electron chi connectivity index (χ0n) is 16.3. The first kappa shape index (κ1) is 21.7. The third kappa shape index (κ3) is 5.09. The van der Waals surface area contributed by atoms with Gasteiger partial charge in [0.1, 0.15) is 11.6 Å². The number of hydrogen-bond donors (Lipinski definition) is 2. The van der Waals surface area contributed by atoms with Crippen molar-refractivity contribution in [1.29, 1.82) is 0 Å². The minimum absolute atomic E-state index is 0.186. The molecule has 2 N–H and O–H groups in total. The van der Waals surface area contributed by atoms with Crippen LogP contribution in [0, 0.1) is 0 Å². The van der Waals surface area contributed by atoms with E-state index in [1.165, 1.54) is 16.8 Å². The van der Waals surface area contributed by atoms with Gasteiger partial charge in [0.2, 0.25) is 5.91 Å². The predicted molar refractivity (Wildman–Crippen MR) is 95.4 cm³/mol. The quantitative estimate of drug-likeness (QED) is 0.466. The molecular weight excluding hydrogens is 340 g/mol. The second-order valence-electron chi connectivity index (χ2n) is 6.80. The Hall–Kier alpha value is -2.32. The molecule has 5 amide bonds. The predicted octanol–water partition coefficient (Wildman–Crippen LogP) is 1.08. The molecule has 1 heterocycles. The summed E-state index contributed by atoms with van der Waals surface area (Å²) in [7, 11) is 3.06. The second kappa shape index (κ2) is 9.40. The summed E-state index contributed by atoms with van der Waals surface area (Å²) < 4.78 is 5.01. The molecule has 1 atom stereocenters. The smallest absolute Gasteiger partial charge is 0.407 e. The van der Waals surface area contributed by atoms with E-state index >= 15 is 0 Å². The summed E-state index contributed by atoms with van der Waals surface area (Å²) in [5.74, 6) is -0.623. The third-order valence-electron chi connectivity index (χ3n) is 4.59. The summed E-state index contributed by atoms with van der Waals surface area (Å²) in [6.07, 6.45) is 1.66. The number of unbranched alkanes of at least 4 members (excludes halogenated alkanes) is 1.